The number of hydrogen-bond donors (Lipinski definition) is 1. The van der Waals surface area contributed by atoms with Gasteiger partial charge in [-0.05, 0) is 46.4 Å². The van der Waals surface area contributed by atoms with Crippen LogP contribution in [-0.2, 0) is 11.2 Å². The second-order valence-electron chi connectivity index (χ2n) is 5.10. The van der Waals surface area contributed by atoms with Gasteiger partial charge in [-0.3, -0.25) is 4.79 Å². The minimum atomic E-state index is -0.106. The second-order valence-corrected chi connectivity index (χ2v) is 6.82. The summed E-state index contributed by atoms with van der Waals surface area (Å²) in [5.74, 6) is -0.106. The van der Waals surface area contributed by atoms with Crippen LogP contribution in [0, 0.1) is 0 Å². The van der Waals surface area contributed by atoms with E-state index in [-0.39, 0.29) is 5.91 Å². The molecule has 1 saturated heterocycles. The van der Waals surface area contributed by atoms with Crippen LogP contribution in [0.4, 0.5) is 0 Å². The maximum absolute atomic E-state index is 11.7. The Hall–Kier alpha value is -1.91. The minimum Gasteiger partial charge on any atom is -0.307 e. The fraction of sp³-hybridized carbons (Fsp3) is 0.0588. The highest BCUT2D eigenvalue weighted by molar-refractivity contribution is 8.26. The number of rotatable bonds is 1. The third kappa shape index (κ3) is 2.20. The molecule has 0 aromatic heterocycles. The first kappa shape index (κ1) is 12.8. The highest BCUT2D eigenvalue weighted by atomic mass is 32.2. The predicted molar refractivity (Wildman–Crippen MR) is 91.0 cm³/mol. The number of thioether (sulfide) groups is 1. The van der Waals surface area contributed by atoms with Gasteiger partial charge in [-0.15, -0.1) is 0 Å². The SMILES string of the molecule is O=C1NC(=S)S/C1=C\c1ccc2c(c1)-c1ccccc1C2. The molecule has 1 aliphatic heterocycles. The van der Waals surface area contributed by atoms with E-state index in [4.69, 9.17) is 12.2 Å². The van der Waals surface area contributed by atoms with E-state index in [0.717, 1.165) is 12.0 Å². The first-order valence-corrected chi connectivity index (χ1v) is 7.89. The zero-order valence-electron chi connectivity index (χ0n) is 11.1. The molecule has 1 N–H and O–H groups in total. The molecule has 1 amide bonds. The Bertz CT molecular complexity index is 823. The van der Waals surface area contributed by atoms with Gasteiger partial charge < -0.3 is 5.32 Å². The summed E-state index contributed by atoms with van der Waals surface area (Å²) in [6, 6.07) is 14.8. The fourth-order valence-electron chi connectivity index (χ4n) is 2.80. The average molecular weight is 309 g/mol. The van der Waals surface area contributed by atoms with Crippen LogP contribution in [0.2, 0.25) is 0 Å². The monoisotopic (exact) mass is 309 g/mol. The normalized spacial score (nSPS) is 17.8. The molecular weight excluding hydrogens is 298 g/mol. The van der Waals surface area contributed by atoms with Crippen molar-refractivity contribution in [3.05, 3.63) is 64.1 Å². The number of benzene rings is 2. The summed E-state index contributed by atoms with van der Waals surface area (Å²) < 4.78 is 0.526. The smallest absolute Gasteiger partial charge is 0.263 e. The molecule has 0 radical (unpaired) electrons. The number of nitrogens with one attached hydrogen (secondary N) is 1. The van der Waals surface area contributed by atoms with E-state index in [1.807, 2.05) is 6.08 Å². The van der Waals surface area contributed by atoms with Gasteiger partial charge >= 0.3 is 0 Å². The first-order chi connectivity index (χ1) is 10.2. The van der Waals surface area contributed by atoms with Crippen molar-refractivity contribution in [3.8, 4) is 11.1 Å². The summed E-state index contributed by atoms with van der Waals surface area (Å²) in [7, 11) is 0. The Balaban J connectivity index is 1.77. The lowest BCUT2D eigenvalue weighted by atomic mass is 10.0. The van der Waals surface area contributed by atoms with Gasteiger partial charge in [-0.25, -0.2) is 0 Å². The zero-order valence-corrected chi connectivity index (χ0v) is 12.7. The molecule has 0 unspecified atom stereocenters. The third-order valence-corrected chi connectivity index (χ3v) is 4.92. The number of carbonyl (C=O) groups is 1. The summed E-state index contributed by atoms with van der Waals surface area (Å²) >= 11 is 6.33. The van der Waals surface area contributed by atoms with Crippen molar-refractivity contribution in [1.29, 1.82) is 0 Å². The largest absolute Gasteiger partial charge is 0.307 e. The minimum absolute atomic E-state index is 0.106. The summed E-state index contributed by atoms with van der Waals surface area (Å²) in [5, 5.41) is 2.64. The molecule has 2 nitrogen and oxygen atoms in total. The Labute approximate surface area is 132 Å². The number of fused-ring (bicyclic) bond motifs is 3. The Morgan fingerprint density at radius 1 is 1.10 bits per heavy atom. The summed E-state index contributed by atoms with van der Waals surface area (Å²) in [5.41, 5.74) is 6.31. The molecule has 4 rings (SSSR count). The molecule has 2 aliphatic rings. The average Bonchev–Trinajstić information content (AvgIpc) is 2.99. The maximum atomic E-state index is 11.7. The van der Waals surface area contributed by atoms with Crippen LogP contribution in [-0.4, -0.2) is 10.2 Å². The number of hydrogen-bond acceptors (Lipinski definition) is 3. The first-order valence-electron chi connectivity index (χ1n) is 6.67. The highest BCUT2D eigenvalue weighted by Gasteiger charge is 2.22. The van der Waals surface area contributed by atoms with E-state index in [1.54, 1.807) is 0 Å². The number of thiocarbonyl (C=S) groups is 1. The van der Waals surface area contributed by atoms with Gasteiger partial charge in [-0.2, -0.15) is 0 Å². The standard InChI is InChI=1S/C17H11NOS2/c19-16-15(21-17(20)18-16)8-10-5-6-12-9-11-3-1-2-4-13(11)14(12)7-10/h1-8H,9H2,(H,18,19,20)/b15-8-. The van der Waals surface area contributed by atoms with E-state index in [9.17, 15) is 4.79 Å². The zero-order chi connectivity index (χ0) is 14.4. The van der Waals surface area contributed by atoms with Gasteiger partial charge in [0.25, 0.3) is 5.91 Å². The van der Waals surface area contributed by atoms with Crippen LogP contribution >= 0.6 is 24.0 Å². The van der Waals surface area contributed by atoms with Crippen LogP contribution in [0.25, 0.3) is 17.2 Å². The van der Waals surface area contributed by atoms with Crippen LogP contribution in [0.1, 0.15) is 16.7 Å². The van der Waals surface area contributed by atoms with Gasteiger partial charge in [0, 0.05) is 0 Å². The van der Waals surface area contributed by atoms with E-state index in [1.165, 1.54) is 34.0 Å². The quantitative estimate of drug-likeness (QED) is 0.548. The van der Waals surface area contributed by atoms with Crippen molar-refractivity contribution in [2.75, 3.05) is 0 Å². The van der Waals surface area contributed by atoms with Crippen molar-refractivity contribution in [2.45, 2.75) is 6.42 Å². The Kier molecular flexibility index (Phi) is 2.94. The molecule has 1 heterocycles. The van der Waals surface area contributed by atoms with Crippen LogP contribution in [0.3, 0.4) is 0 Å². The topological polar surface area (TPSA) is 29.1 Å². The second kappa shape index (κ2) is 4.83. The molecular formula is C17H11NOS2. The molecule has 0 saturated carbocycles. The Morgan fingerprint density at radius 2 is 1.90 bits per heavy atom. The molecule has 0 spiro atoms. The summed E-state index contributed by atoms with van der Waals surface area (Å²) in [4.78, 5) is 12.4. The maximum Gasteiger partial charge on any atom is 0.263 e. The summed E-state index contributed by atoms with van der Waals surface area (Å²) in [6.45, 7) is 0. The molecule has 1 aliphatic carbocycles. The van der Waals surface area contributed by atoms with E-state index in [2.05, 4.69) is 47.8 Å². The van der Waals surface area contributed by atoms with Crippen molar-refractivity contribution in [1.82, 2.24) is 5.32 Å². The molecule has 4 heteroatoms. The van der Waals surface area contributed by atoms with Crippen LogP contribution in [0.5, 0.6) is 0 Å². The van der Waals surface area contributed by atoms with Gasteiger partial charge in [0.15, 0.2) is 0 Å². The lowest BCUT2D eigenvalue weighted by molar-refractivity contribution is -0.115. The van der Waals surface area contributed by atoms with Crippen molar-refractivity contribution >= 4 is 40.3 Å². The van der Waals surface area contributed by atoms with Crippen LogP contribution in [0.15, 0.2) is 47.4 Å². The lowest BCUT2D eigenvalue weighted by Crippen LogP contribution is -2.17. The van der Waals surface area contributed by atoms with Gasteiger partial charge in [0.05, 0.1) is 4.91 Å². The number of amides is 1. The fourth-order valence-corrected chi connectivity index (χ4v) is 3.85. The van der Waals surface area contributed by atoms with Gasteiger partial charge in [0.2, 0.25) is 0 Å². The van der Waals surface area contributed by atoms with E-state index < -0.39 is 0 Å². The van der Waals surface area contributed by atoms with Crippen LogP contribution < -0.4 is 5.32 Å². The molecule has 102 valence electrons. The highest BCUT2D eigenvalue weighted by Crippen LogP contribution is 2.37. The predicted octanol–water partition coefficient (Wildman–Crippen LogP) is 3.75. The molecule has 0 bridgehead atoms. The van der Waals surface area contributed by atoms with E-state index in [0.29, 0.717) is 9.23 Å². The van der Waals surface area contributed by atoms with Gasteiger partial charge in [-0.1, -0.05) is 60.4 Å². The molecule has 2 aromatic carbocycles. The molecule has 2 aromatic rings. The molecule has 0 atom stereocenters. The third-order valence-electron chi connectivity index (χ3n) is 3.76. The van der Waals surface area contributed by atoms with Crippen molar-refractivity contribution < 1.29 is 4.79 Å². The van der Waals surface area contributed by atoms with Gasteiger partial charge in [0.1, 0.15) is 4.32 Å². The lowest BCUT2D eigenvalue weighted by Gasteiger charge is -2.03. The van der Waals surface area contributed by atoms with Crippen molar-refractivity contribution in [2.24, 2.45) is 0 Å². The molecule has 1 fully saturated rings. The van der Waals surface area contributed by atoms with E-state index >= 15 is 0 Å². The number of carbonyl (C=O) groups excluding carboxylic acids is 1. The molecule has 21 heavy (non-hydrogen) atoms. The van der Waals surface area contributed by atoms with Crippen molar-refractivity contribution in [3.63, 3.8) is 0 Å². The Morgan fingerprint density at radius 3 is 2.71 bits per heavy atom. The summed E-state index contributed by atoms with van der Waals surface area (Å²) in [6.07, 6.45) is 2.89.